The summed E-state index contributed by atoms with van der Waals surface area (Å²) < 4.78 is 68.3. The average molecular weight is 659 g/mol. The fourth-order valence-corrected chi connectivity index (χ4v) is 4.14. The molecule has 0 fully saturated rings. The molecule has 0 saturated carbocycles. The number of amides is 3. The molecule has 0 radical (unpaired) electrons. The topological polar surface area (TPSA) is 139 Å². The summed E-state index contributed by atoms with van der Waals surface area (Å²) in [5.41, 5.74) is -1.14. The number of nitrogens with one attached hydrogen (secondary N) is 2. The molecule has 0 aliphatic carbocycles. The Hall–Kier alpha value is -5.67. The van der Waals surface area contributed by atoms with Crippen LogP contribution in [0, 0.1) is 23.3 Å². The number of hydrogen-bond acceptors (Lipinski definition) is 7. The number of hydrogen-bond donors (Lipinski definition) is 2. The number of allylic oxidation sites excluding steroid dienone is 1. The Morgan fingerprint density at radius 3 is 2.47 bits per heavy atom. The van der Waals surface area contributed by atoms with Crippen LogP contribution in [-0.2, 0) is 20.9 Å². The number of pyridine rings is 1. The zero-order chi connectivity index (χ0) is 34.4. The monoisotopic (exact) mass is 658 g/mol. The number of rotatable bonds is 11. The van der Waals surface area contributed by atoms with Crippen LogP contribution < -0.4 is 15.6 Å². The van der Waals surface area contributed by atoms with E-state index in [4.69, 9.17) is 9.47 Å². The van der Waals surface area contributed by atoms with E-state index >= 15 is 0 Å². The van der Waals surface area contributed by atoms with Crippen molar-refractivity contribution in [3.8, 4) is 11.5 Å². The summed E-state index contributed by atoms with van der Waals surface area (Å²) in [7, 11) is 6.01. The van der Waals surface area contributed by atoms with E-state index in [2.05, 4.69) is 15.3 Å². The number of halogens is 4. The van der Waals surface area contributed by atoms with Gasteiger partial charge in [-0.2, -0.15) is 4.39 Å². The number of likely N-dealkylation sites (N-methyl/N-ethyl adjacent to an activating group) is 1. The van der Waals surface area contributed by atoms with E-state index in [0.29, 0.717) is 6.07 Å². The van der Waals surface area contributed by atoms with Crippen molar-refractivity contribution in [1.29, 1.82) is 0 Å². The highest BCUT2D eigenvalue weighted by Gasteiger charge is 2.25. The van der Waals surface area contributed by atoms with Crippen molar-refractivity contribution in [3.05, 3.63) is 94.2 Å². The molecule has 47 heavy (non-hydrogen) atoms. The minimum Gasteiger partial charge on any atom is -0.449 e. The molecule has 0 spiro atoms. The number of ether oxygens (including phenoxy) is 2. The van der Waals surface area contributed by atoms with E-state index in [1.165, 1.54) is 49.5 Å². The number of aromatic amines is 1. The van der Waals surface area contributed by atoms with Gasteiger partial charge in [-0.3, -0.25) is 14.4 Å². The molecule has 2 aromatic carbocycles. The number of imidazole rings is 1. The van der Waals surface area contributed by atoms with Gasteiger partial charge in [0.25, 0.3) is 11.5 Å². The molecule has 12 nitrogen and oxygen atoms in total. The van der Waals surface area contributed by atoms with E-state index in [-0.39, 0.29) is 47.8 Å². The first-order valence-corrected chi connectivity index (χ1v) is 14.0. The van der Waals surface area contributed by atoms with E-state index < -0.39 is 58.4 Å². The van der Waals surface area contributed by atoms with Gasteiger partial charge in [-0.05, 0) is 43.2 Å². The van der Waals surface area contributed by atoms with Crippen LogP contribution in [0.2, 0.25) is 0 Å². The number of benzene rings is 2. The Morgan fingerprint density at radius 1 is 1.04 bits per heavy atom. The van der Waals surface area contributed by atoms with Gasteiger partial charge in [-0.25, -0.2) is 22.9 Å². The van der Waals surface area contributed by atoms with Crippen LogP contribution in [0.3, 0.4) is 0 Å². The average Bonchev–Trinajstić information content (AvgIpc) is 3.41. The summed E-state index contributed by atoms with van der Waals surface area (Å²) >= 11 is 0. The van der Waals surface area contributed by atoms with Gasteiger partial charge < -0.3 is 34.1 Å². The maximum atomic E-state index is 14.8. The first kappa shape index (κ1) is 34.2. The van der Waals surface area contributed by atoms with Gasteiger partial charge in [0.05, 0.1) is 12.1 Å². The zero-order valence-corrected chi connectivity index (χ0v) is 25.6. The van der Waals surface area contributed by atoms with Gasteiger partial charge in [0.2, 0.25) is 11.7 Å². The lowest BCUT2D eigenvalue weighted by Crippen LogP contribution is -2.37. The summed E-state index contributed by atoms with van der Waals surface area (Å²) in [6.07, 6.45) is 2.29. The van der Waals surface area contributed by atoms with Crippen molar-refractivity contribution in [2.75, 3.05) is 33.5 Å². The Morgan fingerprint density at radius 2 is 1.79 bits per heavy atom. The lowest BCUT2D eigenvalue weighted by molar-refractivity contribution is -0.125. The molecule has 4 rings (SSSR count). The van der Waals surface area contributed by atoms with Gasteiger partial charge >= 0.3 is 6.09 Å². The number of carbonyl (C=O) groups excluding carboxylic acids is 3. The normalized spacial score (nSPS) is 11.8. The molecular weight excluding hydrogens is 628 g/mol. The van der Waals surface area contributed by atoms with Crippen LogP contribution in [-0.4, -0.2) is 76.5 Å². The van der Waals surface area contributed by atoms with E-state index in [0.717, 1.165) is 27.7 Å². The minimum absolute atomic E-state index is 0.00196. The molecule has 4 aromatic rings. The molecule has 2 aromatic heterocycles. The van der Waals surface area contributed by atoms with Crippen molar-refractivity contribution in [2.45, 2.75) is 25.5 Å². The molecular formula is C31H30F4N6O6. The van der Waals surface area contributed by atoms with Crippen LogP contribution in [0.4, 0.5) is 28.0 Å². The van der Waals surface area contributed by atoms with Crippen LogP contribution in [0.25, 0.3) is 11.0 Å². The Kier molecular flexibility index (Phi) is 10.6. The van der Waals surface area contributed by atoms with Crippen LogP contribution in [0.5, 0.6) is 11.5 Å². The molecule has 0 aliphatic rings. The minimum atomic E-state index is -1.47. The molecule has 2 heterocycles. The molecule has 1 atom stereocenters. The van der Waals surface area contributed by atoms with E-state index in [1.807, 2.05) is 0 Å². The summed E-state index contributed by atoms with van der Waals surface area (Å²) in [4.78, 5) is 59.8. The van der Waals surface area contributed by atoms with Crippen LogP contribution in [0.1, 0.15) is 18.7 Å². The van der Waals surface area contributed by atoms with Crippen molar-refractivity contribution >= 4 is 34.6 Å². The second-order valence-electron chi connectivity index (χ2n) is 10.6. The van der Waals surface area contributed by atoms with E-state index in [9.17, 15) is 36.7 Å². The maximum Gasteiger partial charge on any atom is 0.410 e. The highest BCUT2D eigenvalue weighted by molar-refractivity contribution is 5.95. The van der Waals surface area contributed by atoms with Gasteiger partial charge in [-0.15, -0.1) is 0 Å². The number of nitrogens with zero attached hydrogens (tertiary/aromatic N) is 4. The van der Waals surface area contributed by atoms with Crippen molar-refractivity contribution < 1.29 is 41.4 Å². The first-order chi connectivity index (χ1) is 22.2. The zero-order valence-electron chi connectivity index (χ0n) is 25.6. The molecule has 16 heteroatoms. The van der Waals surface area contributed by atoms with Gasteiger partial charge in [0, 0.05) is 46.5 Å². The lowest BCUT2D eigenvalue weighted by atomic mass is 10.1. The molecule has 248 valence electrons. The summed E-state index contributed by atoms with van der Waals surface area (Å²) in [6, 6.07) is 5.86. The molecule has 0 bridgehead atoms. The molecule has 3 amide bonds. The third-order valence-electron chi connectivity index (χ3n) is 6.58. The summed E-state index contributed by atoms with van der Waals surface area (Å²) in [5.74, 6) is -7.23. The smallest absolute Gasteiger partial charge is 0.410 e. The molecule has 2 N–H and O–H groups in total. The predicted molar refractivity (Wildman–Crippen MR) is 162 cm³/mol. The molecule has 0 saturated heterocycles. The Labute approximate surface area is 265 Å². The SMILES string of the molecule is CN(C)C(=O)C=CCCC(OC(=O)N(C)C)C(=O)Nc1cccn(Cc2nc3c(Oc4ccc(F)cc4F)c(F)c(F)cc3[nH]2)c1=O. The second kappa shape index (κ2) is 14.6. The number of H-pyrrole nitrogens is 1. The highest BCUT2D eigenvalue weighted by atomic mass is 19.2. The fraction of sp³-hybridized carbons (Fsp3) is 0.258. The first-order valence-electron chi connectivity index (χ1n) is 14.0. The number of anilines is 1. The third kappa shape index (κ3) is 8.33. The number of fused-ring (bicyclic) bond motifs is 1. The predicted octanol–water partition coefficient (Wildman–Crippen LogP) is 4.55. The van der Waals surface area contributed by atoms with Crippen molar-refractivity contribution in [1.82, 2.24) is 24.3 Å². The lowest BCUT2D eigenvalue weighted by Gasteiger charge is -2.19. The largest absolute Gasteiger partial charge is 0.449 e. The summed E-state index contributed by atoms with van der Waals surface area (Å²) in [5, 5.41) is 2.46. The van der Waals surface area contributed by atoms with Crippen LogP contribution in [0.15, 0.2) is 59.5 Å². The summed E-state index contributed by atoms with van der Waals surface area (Å²) in [6.45, 7) is -0.269. The van der Waals surface area contributed by atoms with Crippen molar-refractivity contribution in [2.24, 2.45) is 0 Å². The van der Waals surface area contributed by atoms with Crippen molar-refractivity contribution in [3.63, 3.8) is 0 Å². The Bertz CT molecular complexity index is 1910. The van der Waals surface area contributed by atoms with Gasteiger partial charge in [-0.1, -0.05) is 6.08 Å². The van der Waals surface area contributed by atoms with Gasteiger partial charge in [0.15, 0.2) is 29.2 Å². The van der Waals surface area contributed by atoms with Gasteiger partial charge in [0.1, 0.15) is 22.8 Å². The fourth-order valence-electron chi connectivity index (χ4n) is 4.14. The van der Waals surface area contributed by atoms with E-state index in [1.54, 1.807) is 14.1 Å². The number of carbonyl (C=O) groups is 3. The quantitative estimate of drug-likeness (QED) is 0.178. The third-order valence-corrected chi connectivity index (χ3v) is 6.58. The van der Waals surface area contributed by atoms with Crippen LogP contribution >= 0.6 is 0 Å². The number of aromatic nitrogens is 3. The molecule has 0 aliphatic heterocycles. The highest BCUT2D eigenvalue weighted by Crippen LogP contribution is 2.34. The standard InChI is InChI=1S/C31H30F4N6O6/c1-39(2)25(42)10-6-5-9-23(47-31(45)40(3)4)29(43)37-20-8-7-13-41(30(20)44)16-24-36-21-15-19(34)26(35)28(27(21)38-24)46-22-12-11-17(32)14-18(22)33/h6-8,10-15,23H,5,9,16H2,1-4H3,(H,36,38)(H,37,43). The Balaban J connectivity index is 1.56. The molecule has 1 unspecified atom stereocenters. The maximum absolute atomic E-state index is 14.8. The second-order valence-corrected chi connectivity index (χ2v) is 10.6.